The fraction of sp³-hybridized carbons (Fsp3) is 1.00. The van der Waals surface area contributed by atoms with Gasteiger partial charge in [-0.05, 0) is 17.8 Å². The smallest absolute Gasteiger partial charge is 0.0282 e. The number of halogens is 1. The third-order valence-corrected chi connectivity index (χ3v) is 4.03. The van der Waals surface area contributed by atoms with Crippen molar-refractivity contribution >= 4 is 22.9 Å². The molecule has 1 nitrogen and oxygen atoms in total. The van der Waals surface area contributed by atoms with Gasteiger partial charge in [-0.1, -0.05) is 13.8 Å². The van der Waals surface area contributed by atoms with E-state index in [1.165, 1.54) is 13.0 Å². The standard InChI is InChI=1S/C7H12IN/c1-7(2)5-3-4-9(8)6(5)7/h5-6H,3-4H2,1-2H3. The summed E-state index contributed by atoms with van der Waals surface area (Å²) in [5.74, 6) is 1.02. The van der Waals surface area contributed by atoms with Crippen molar-refractivity contribution in [1.82, 2.24) is 3.11 Å². The van der Waals surface area contributed by atoms with E-state index in [0.717, 1.165) is 12.0 Å². The van der Waals surface area contributed by atoms with Gasteiger partial charge in [0.1, 0.15) is 0 Å². The van der Waals surface area contributed by atoms with Crippen LogP contribution >= 0.6 is 22.9 Å². The van der Waals surface area contributed by atoms with Crippen molar-refractivity contribution in [3.8, 4) is 0 Å². The lowest BCUT2D eigenvalue weighted by atomic mass is 10.1. The molecule has 2 atom stereocenters. The van der Waals surface area contributed by atoms with Crippen LogP contribution in [0.4, 0.5) is 0 Å². The van der Waals surface area contributed by atoms with Crippen molar-refractivity contribution in [2.75, 3.05) is 6.54 Å². The van der Waals surface area contributed by atoms with E-state index in [4.69, 9.17) is 0 Å². The van der Waals surface area contributed by atoms with E-state index in [-0.39, 0.29) is 0 Å². The Balaban J connectivity index is 2.14. The molecule has 2 rings (SSSR count). The second kappa shape index (κ2) is 1.64. The summed E-state index contributed by atoms with van der Waals surface area (Å²) in [4.78, 5) is 0. The fourth-order valence-electron chi connectivity index (χ4n) is 2.20. The number of nitrogens with zero attached hydrogens (tertiary/aromatic N) is 1. The first-order valence-electron chi connectivity index (χ1n) is 3.56. The predicted octanol–water partition coefficient (Wildman–Crippen LogP) is 2.07. The minimum absolute atomic E-state index is 0.652. The molecule has 1 saturated heterocycles. The summed E-state index contributed by atoms with van der Waals surface area (Å²) in [5.41, 5.74) is 0.652. The van der Waals surface area contributed by atoms with Crippen LogP contribution in [0.1, 0.15) is 20.3 Å². The Morgan fingerprint density at radius 2 is 2.22 bits per heavy atom. The number of hydrogen-bond acceptors (Lipinski definition) is 1. The van der Waals surface area contributed by atoms with E-state index in [9.17, 15) is 0 Å². The van der Waals surface area contributed by atoms with Gasteiger partial charge in [0.15, 0.2) is 0 Å². The Hall–Kier alpha value is 0.690. The third-order valence-electron chi connectivity index (χ3n) is 2.95. The molecule has 0 radical (unpaired) electrons. The molecule has 1 saturated carbocycles. The molecule has 0 aromatic carbocycles. The normalized spacial score (nSPS) is 47.0. The Bertz CT molecular complexity index is 144. The maximum absolute atomic E-state index is 2.47. The van der Waals surface area contributed by atoms with Crippen molar-refractivity contribution in [2.45, 2.75) is 26.3 Å². The first kappa shape index (κ1) is 6.40. The molecule has 0 N–H and O–H groups in total. The van der Waals surface area contributed by atoms with Gasteiger partial charge < -0.3 is 0 Å². The molecular weight excluding hydrogens is 225 g/mol. The van der Waals surface area contributed by atoms with Crippen LogP contribution in [0, 0.1) is 11.3 Å². The van der Waals surface area contributed by atoms with Gasteiger partial charge in [-0.15, -0.1) is 0 Å². The van der Waals surface area contributed by atoms with E-state index in [1.54, 1.807) is 0 Å². The number of hydrogen-bond donors (Lipinski definition) is 0. The predicted molar refractivity (Wildman–Crippen MR) is 46.4 cm³/mol. The van der Waals surface area contributed by atoms with Gasteiger partial charge in [0, 0.05) is 35.5 Å². The van der Waals surface area contributed by atoms with Crippen molar-refractivity contribution in [2.24, 2.45) is 11.3 Å². The molecule has 1 heterocycles. The summed E-state index contributed by atoms with van der Waals surface area (Å²) in [6, 6.07) is 0.915. The molecule has 2 fully saturated rings. The minimum atomic E-state index is 0.652. The maximum atomic E-state index is 2.47. The molecule has 0 aromatic rings. The molecule has 52 valence electrons. The van der Waals surface area contributed by atoms with E-state index in [2.05, 4.69) is 39.8 Å². The van der Waals surface area contributed by atoms with Gasteiger partial charge in [0.2, 0.25) is 0 Å². The van der Waals surface area contributed by atoms with Crippen LogP contribution in [-0.4, -0.2) is 15.7 Å². The Morgan fingerprint density at radius 3 is 2.44 bits per heavy atom. The second-order valence-corrected chi connectivity index (χ2v) is 5.02. The lowest BCUT2D eigenvalue weighted by molar-refractivity contribution is 0.412. The second-order valence-electron chi connectivity index (χ2n) is 3.78. The van der Waals surface area contributed by atoms with Gasteiger partial charge in [0.25, 0.3) is 0 Å². The van der Waals surface area contributed by atoms with E-state index in [0.29, 0.717) is 5.41 Å². The fourth-order valence-corrected chi connectivity index (χ4v) is 3.59. The lowest BCUT2D eigenvalue weighted by Gasteiger charge is -2.13. The van der Waals surface area contributed by atoms with Crippen LogP contribution in [-0.2, 0) is 0 Å². The van der Waals surface area contributed by atoms with E-state index < -0.39 is 0 Å². The average Bonchev–Trinajstić information content (AvgIpc) is 2.19. The molecule has 0 bridgehead atoms. The van der Waals surface area contributed by atoms with Crippen molar-refractivity contribution in [1.29, 1.82) is 0 Å². The Kier molecular flexibility index (Phi) is 1.17. The largest absolute Gasteiger partial charge is 0.244 e. The highest BCUT2D eigenvalue weighted by molar-refractivity contribution is 14.1. The molecular formula is C7H12IN. The number of piperidine rings is 1. The highest BCUT2D eigenvalue weighted by Gasteiger charge is 2.62. The van der Waals surface area contributed by atoms with Crippen LogP contribution in [0.25, 0.3) is 0 Å². The lowest BCUT2D eigenvalue weighted by Crippen LogP contribution is -2.16. The average molecular weight is 237 g/mol. The summed E-state index contributed by atoms with van der Waals surface area (Å²) in [6.45, 7) is 6.08. The van der Waals surface area contributed by atoms with E-state index in [1.807, 2.05) is 0 Å². The molecule has 2 heteroatoms. The maximum Gasteiger partial charge on any atom is 0.0282 e. The zero-order valence-corrected chi connectivity index (χ0v) is 8.05. The molecule has 1 aliphatic heterocycles. The molecule has 9 heavy (non-hydrogen) atoms. The third kappa shape index (κ3) is 0.693. The Morgan fingerprint density at radius 1 is 1.56 bits per heavy atom. The Labute approximate surface area is 70.3 Å². The SMILES string of the molecule is CC1(C)C2CCN(I)C21. The van der Waals surface area contributed by atoms with Crippen LogP contribution in [0.3, 0.4) is 0 Å². The summed E-state index contributed by atoms with van der Waals surface area (Å²) in [7, 11) is 0. The monoisotopic (exact) mass is 237 g/mol. The first-order valence-corrected chi connectivity index (χ1v) is 4.53. The molecule has 0 spiro atoms. The van der Waals surface area contributed by atoms with Gasteiger partial charge in [0.05, 0.1) is 0 Å². The summed E-state index contributed by atoms with van der Waals surface area (Å²) in [6.07, 6.45) is 1.43. The van der Waals surface area contributed by atoms with Crippen molar-refractivity contribution in [3.63, 3.8) is 0 Å². The van der Waals surface area contributed by atoms with Crippen LogP contribution in [0.2, 0.25) is 0 Å². The van der Waals surface area contributed by atoms with Crippen molar-refractivity contribution < 1.29 is 0 Å². The van der Waals surface area contributed by atoms with Crippen molar-refractivity contribution in [3.05, 3.63) is 0 Å². The van der Waals surface area contributed by atoms with Gasteiger partial charge in [-0.2, -0.15) is 0 Å². The van der Waals surface area contributed by atoms with Crippen LogP contribution in [0.15, 0.2) is 0 Å². The highest BCUT2D eigenvalue weighted by Crippen LogP contribution is 2.61. The van der Waals surface area contributed by atoms with Gasteiger partial charge >= 0.3 is 0 Å². The van der Waals surface area contributed by atoms with Crippen LogP contribution < -0.4 is 0 Å². The topological polar surface area (TPSA) is 3.24 Å². The molecule has 0 amide bonds. The van der Waals surface area contributed by atoms with Gasteiger partial charge in [-0.25, -0.2) is 3.11 Å². The summed E-state index contributed by atoms with van der Waals surface area (Å²) in [5, 5.41) is 0. The first-order chi connectivity index (χ1) is 4.14. The quantitative estimate of drug-likeness (QED) is 0.460. The molecule has 2 unspecified atom stereocenters. The zero-order valence-electron chi connectivity index (χ0n) is 5.89. The number of rotatable bonds is 0. The molecule has 1 aliphatic carbocycles. The molecule has 0 aromatic heterocycles. The number of fused-ring (bicyclic) bond motifs is 1. The van der Waals surface area contributed by atoms with E-state index >= 15 is 0 Å². The molecule has 2 aliphatic rings. The summed E-state index contributed by atoms with van der Waals surface area (Å²) >= 11 is 2.46. The highest BCUT2D eigenvalue weighted by atomic mass is 127. The van der Waals surface area contributed by atoms with Crippen LogP contribution in [0.5, 0.6) is 0 Å². The van der Waals surface area contributed by atoms with Gasteiger partial charge in [-0.3, -0.25) is 0 Å². The minimum Gasteiger partial charge on any atom is -0.244 e. The zero-order chi connectivity index (χ0) is 6.65. The summed E-state index contributed by atoms with van der Waals surface area (Å²) < 4.78 is 2.47.